The molecule has 1 heterocycles. The predicted octanol–water partition coefficient (Wildman–Crippen LogP) is 1.97. The van der Waals surface area contributed by atoms with E-state index in [0.717, 1.165) is 5.69 Å². The number of hydrogen-bond donors (Lipinski definition) is 0. The van der Waals surface area contributed by atoms with Gasteiger partial charge in [-0.05, 0) is 19.1 Å². The number of ether oxygens (including phenoxy) is 1. The molecule has 1 amide bonds. The molecule has 0 aliphatic heterocycles. The molecule has 0 fully saturated rings. The molecule has 1 aromatic heterocycles. The zero-order chi connectivity index (χ0) is 13.8. The maximum atomic E-state index is 11.9. The third kappa shape index (κ3) is 2.76. The Balaban J connectivity index is 2.45. The van der Waals surface area contributed by atoms with Crippen molar-refractivity contribution in [3.63, 3.8) is 0 Å². The van der Waals surface area contributed by atoms with Crippen LogP contribution >= 0.6 is 0 Å². The van der Waals surface area contributed by atoms with E-state index in [1.165, 1.54) is 4.90 Å². The van der Waals surface area contributed by atoms with Gasteiger partial charge in [-0.1, -0.05) is 18.2 Å². The Morgan fingerprint density at radius 1 is 1.32 bits per heavy atom. The Morgan fingerprint density at radius 3 is 2.58 bits per heavy atom. The molecule has 0 N–H and O–H groups in total. The summed E-state index contributed by atoms with van der Waals surface area (Å²) >= 11 is 0. The minimum absolute atomic E-state index is 0.143. The maximum absolute atomic E-state index is 11.9. The van der Waals surface area contributed by atoms with E-state index in [0.29, 0.717) is 18.2 Å². The molecule has 5 nitrogen and oxygen atoms in total. The Kier molecular flexibility index (Phi) is 3.85. The van der Waals surface area contributed by atoms with Crippen LogP contribution in [0, 0.1) is 0 Å². The van der Waals surface area contributed by atoms with Gasteiger partial charge in [-0.2, -0.15) is 5.10 Å². The quantitative estimate of drug-likeness (QED) is 0.843. The minimum Gasteiger partial charge on any atom is -0.478 e. The molecule has 1 aromatic carbocycles. The van der Waals surface area contributed by atoms with E-state index in [1.807, 2.05) is 37.3 Å². The number of aromatic nitrogens is 2. The van der Waals surface area contributed by atoms with Crippen molar-refractivity contribution in [3.8, 4) is 11.6 Å². The van der Waals surface area contributed by atoms with Gasteiger partial charge in [0, 0.05) is 20.2 Å². The van der Waals surface area contributed by atoms with Crippen LogP contribution in [0.1, 0.15) is 17.4 Å². The second-order valence-electron chi connectivity index (χ2n) is 4.25. The van der Waals surface area contributed by atoms with E-state index in [1.54, 1.807) is 24.8 Å². The summed E-state index contributed by atoms with van der Waals surface area (Å²) in [4.78, 5) is 13.4. The molecule has 2 rings (SSSR count). The topological polar surface area (TPSA) is 47.4 Å². The molecular formula is C14H17N3O2. The SMILES string of the molecule is CCOc1cc(C(=O)N(C)C)nn1-c1ccccc1. The van der Waals surface area contributed by atoms with E-state index in [4.69, 9.17) is 4.74 Å². The summed E-state index contributed by atoms with van der Waals surface area (Å²) in [5.74, 6) is 0.425. The van der Waals surface area contributed by atoms with E-state index < -0.39 is 0 Å². The molecule has 100 valence electrons. The van der Waals surface area contributed by atoms with Crippen LogP contribution in [0.4, 0.5) is 0 Å². The number of para-hydroxylation sites is 1. The van der Waals surface area contributed by atoms with Gasteiger partial charge in [-0.15, -0.1) is 0 Å². The van der Waals surface area contributed by atoms with Crippen molar-refractivity contribution in [1.29, 1.82) is 0 Å². The monoisotopic (exact) mass is 259 g/mol. The summed E-state index contributed by atoms with van der Waals surface area (Å²) in [6.45, 7) is 2.42. The molecular weight excluding hydrogens is 242 g/mol. The number of carbonyl (C=O) groups is 1. The minimum atomic E-state index is -0.143. The zero-order valence-electron chi connectivity index (χ0n) is 11.3. The second kappa shape index (κ2) is 5.56. The van der Waals surface area contributed by atoms with Gasteiger partial charge < -0.3 is 9.64 Å². The predicted molar refractivity (Wildman–Crippen MR) is 72.8 cm³/mol. The summed E-state index contributed by atoms with van der Waals surface area (Å²) in [5, 5.41) is 4.32. The lowest BCUT2D eigenvalue weighted by molar-refractivity contribution is 0.0821. The van der Waals surface area contributed by atoms with Gasteiger partial charge in [-0.3, -0.25) is 4.79 Å². The highest BCUT2D eigenvalue weighted by Gasteiger charge is 2.17. The van der Waals surface area contributed by atoms with Gasteiger partial charge in [0.2, 0.25) is 5.88 Å². The number of hydrogen-bond acceptors (Lipinski definition) is 3. The van der Waals surface area contributed by atoms with Gasteiger partial charge in [0.1, 0.15) is 0 Å². The summed E-state index contributed by atoms with van der Waals surface area (Å²) in [6.07, 6.45) is 0. The molecule has 2 aromatic rings. The number of amides is 1. The lowest BCUT2D eigenvalue weighted by Gasteiger charge is -2.07. The van der Waals surface area contributed by atoms with Gasteiger partial charge in [0.15, 0.2) is 5.69 Å². The van der Waals surface area contributed by atoms with Crippen molar-refractivity contribution >= 4 is 5.91 Å². The molecule has 0 atom stereocenters. The van der Waals surface area contributed by atoms with Gasteiger partial charge in [0.25, 0.3) is 5.91 Å². The lowest BCUT2D eigenvalue weighted by Crippen LogP contribution is -2.22. The Hall–Kier alpha value is -2.30. The fourth-order valence-corrected chi connectivity index (χ4v) is 1.70. The van der Waals surface area contributed by atoms with Crippen molar-refractivity contribution in [2.24, 2.45) is 0 Å². The Morgan fingerprint density at radius 2 is 2.00 bits per heavy atom. The Labute approximate surface area is 112 Å². The van der Waals surface area contributed by atoms with Crippen molar-refractivity contribution in [1.82, 2.24) is 14.7 Å². The number of nitrogens with zero attached hydrogens (tertiary/aromatic N) is 3. The molecule has 5 heteroatoms. The smallest absolute Gasteiger partial charge is 0.273 e. The summed E-state index contributed by atoms with van der Waals surface area (Å²) in [6, 6.07) is 11.3. The molecule has 0 radical (unpaired) electrons. The largest absolute Gasteiger partial charge is 0.478 e. The van der Waals surface area contributed by atoms with E-state index >= 15 is 0 Å². The first kappa shape index (κ1) is 13.1. The molecule has 0 unspecified atom stereocenters. The number of benzene rings is 1. The van der Waals surface area contributed by atoms with Crippen molar-refractivity contribution in [2.45, 2.75) is 6.92 Å². The fourth-order valence-electron chi connectivity index (χ4n) is 1.70. The molecule has 0 saturated heterocycles. The molecule has 0 aliphatic carbocycles. The lowest BCUT2D eigenvalue weighted by atomic mass is 10.3. The summed E-state index contributed by atoms with van der Waals surface area (Å²) in [7, 11) is 3.40. The van der Waals surface area contributed by atoms with Crippen LogP contribution in [0.3, 0.4) is 0 Å². The van der Waals surface area contributed by atoms with Gasteiger partial charge in [-0.25, -0.2) is 4.68 Å². The van der Waals surface area contributed by atoms with Crippen LogP contribution in [0.2, 0.25) is 0 Å². The van der Waals surface area contributed by atoms with Gasteiger partial charge in [0.05, 0.1) is 12.3 Å². The maximum Gasteiger partial charge on any atom is 0.273 e. The van der Waals surface area contributed by atoms with Crippen molar-refractivity contribution in [2.75, 3.05) is 20.7 Å². The highest BCUT2D eigenvalue weighted by Crippen LogP contribution is 2.20. The third-order valence-electron chi connectivity index (χ3n) is 2.59. The van der Waals surface area contributed by atoms with Crippen LogP contribution < -0.4 is 4.74 Å². The van der Waals surface area contributed by atoms with Crippen molar-refractivity contribution < 1.29 is 9.53 Å². The fraction of sp³-hybridized carbons (Fsp3) is 0.286. The molecule has 0 bridgehead atoms. The zero-order valence-corrected chi connectivity index (χ0v) is 11.3. The molecule has 19 heavy (non-hydrogen) atoms. The average Bonchev–Trinajstić information content (AvgIpc) is 2.83. The van der Waals surface area contributed by atoms with E-state index in [-0.39, 0.29) is 5.91 Å². The normalized spacial score (nSPS) is 10.3. The highest BCUT2D eigenvalue weighted by atomic mass is 16.5. The third-order valence-corrected chi connectivity index (χ3v) is 2.59. The summed E-state index contributed by atoms with van der Waals surface area (Å²) < 4.78 is 7.17. The first-order chi connectivity index (χ1) is 9.13. The first-order valence-electron chi connectivity index (χ1n) is 6.13. The number of carbonyl (C=O) groups excluding carboxylic acids is 1. The van der Waals surface area contributed by atoms with E-state index in [9.17, 15) is 4.79 Å². The van der Waals surface area contributed by atoms with Crippen LogP contribution in [-0.4, -0.2) is 41.3 Å². The van der Waals surface area contributed by atoms with Crippen molar-refractivity contribution in [3.05, 3.63) is 42.1 Å². The second-order valence-corrected chi connectivity index (χ2v) is 4.25. The van der Waals surface area contributed by atoms with E-state index in [2.05, 4.69) is 5.10 Å². The molecule has 0 aliphatic rings. The van der Waals surface area contributed by atoms with Gasteiger partial charge >= 0.3 is 0 Å². The average molecular weight is 259 g/mol. The highest BCUT2D eigenvalue weighted by molar-refractivity contribution is 5.92. The van der Waals surface area contributed by atoms with Crippen LogP contribution in [-0.2, 0) is 0 Å². The van der Waals surface area contributed by atoms with Crippen LogP contribution in [0.25, 0.3) is 5.69 Å². The standard InChI is InChI=1S/C14H17N3O2/c1-4-19-13-10-12(14(18)16(2)3)15-17(13)11-8-6-5-7-9-11/h5-10H,4H2,1-3H3. The first-order valence-corrected chi connectivity index (χ1v) is 6.13. The van der Waals surface area contributed by atoms with Crippen LogP contribution in [0.5, 0.6) is 5.88 Å². The number of rotatable bonds is 4. The molecule has 0 spiro atoms. The summed E-state index contributed by atoms with van der Waals surface area (Å²) in [5.41, 5.74) is 1.24. The van der Waals surface area contributed by atoms with Crippen LogP contribution in [0.15, 0.2) is 36.4 Å². The Bertz CT molecular complexity index is 561. The molecule has 0 saturated carbocycles.